The van der Waals surface area contributed by atoms with Gasteiger partial charge in [0.25, 0.3) is 0 Å². The minimum Gasteiger partial charge on any atom is -0.480 e. The second kappa shape index (κ2) is 7.70. The van der Waals surface area contributed by atoms with Crippen molar-refractivity contribution in [3.05, 3.63) is 0 Å². The molecule has 0 bridgehead atoms. The van der Waals surface area contributed by atoms with Crippen LogP contribution < -0.4 is 10.6 Å². The first-order valence-corrected chi connectivity index (χ1v) is 5.73. The van der Waals surface area contributed by atoms with E-state index in [1.807, 2.05) is 0 Å². The second-order valence-corrected chi connectivity index (χ2v) is 4.52. The van der Waals surface area contributed by atoms with Crippen molar-refractivity contribution in [3.63, 3.8) is 0 Å². The number of aliphatic carboxylic acids is 1. The molecule has 0 spiro atoms. The van der Waals surface area contributed by atoms with Gasteiger partial charge in [-0.25, -0.2) is 4.79 Å². The number of nitrogens with one attached hydrogen (secondary N) is 2. The van der Waals surface area contributed by atoms with E-state index in [2.05, 4.69) is 10.6 Å². The largest absolute Gasteiger partial charge is 0.480 e. The van der Waals surface area contributed by atoms with E-state index < -0.39 is 23.4 Å². The highest BCUT2D eigenvalue weighted by molar-refractivity contribution is 5.95. The number of nitrogens with zero attached hydrogens (tertiary/aromatic N) is 1. The van der Waals surface area contributed by atoms with Crippen molar-refractivity contribution in [2.45, 2.75) is 19.4 Å². The van der Waals surface area contributed by atoms with Crippen LogP contribution in [-0.4, -0.2) is 67.3 Å². The van der Waals surface area contributed by atoms with Gasteiger partial charge in [-0.05, 0) is 20.9 Å². The molecule has 0 heterocycles. The number of hydrogen-bond donors (Lipinski definition) is 3. The zero-order valence-corrected chi connectivity index (χ0v) is 11.6. The number of carboxylic acid groups (broad SMARTS) is 1. The summed E-state index contributed by atoms with van der Waals surface area (Å²) in [4.78, 5) is 35.1. The van der Waals surface area contributed by atoms with Crippen LogP contribution in [0.1, 0.15) is 13.8 Å². The molecular weight excluding hydrogens is 254 g/mol. The quantitative estimate of drug-likeness (QED) is 0.528. The van der Waals surface area contributed by atoms with Crippen LogP contribution in [0.4, 0.5) is 4.79 Å². The predicted molar refractivity (Wildman–Crippen MR) is 67.8 cm³/mol. The summed E-state index contributed by atoms with van der Waals surface area (Å²) in [5.41, 5.74) is -1.19. The van der Waals surface area contributed by atoms with Crippen LogP contribution in [0, 0.1) is 0 Å². The van der Waals surface area contributed by atoms with Crippen molar-refractivity contribution in [2.24, 2.45) is 0 Å². The lowest BCUT2D eigenvalue weighted by atomic mass is 10.0. The summed E-state index contributed by atoms with van der Waals surface area (Å²) >= 11 is 0. The summed E-state index contributed by atoms with van der Waals surface area (Å²) in [6, 6.07) is -0.636. The SMILES string of the molecule is COCCNC(=O)NC(=O)CN(C)C(C)(C)C(=O)O. The normalized spacial score (nSPS) is 11.2. The third-order valence-corrected chi connectivity index (χ3v) is 2.70. The van der Waals surface area contributed by atoms with Gasteiger partial charge in [-0.3, -0.25) is 19.8 Å². The molecule has 3 amide bonds. The Labute approximate surface area is 112 Å². The summed E-state index contributed by atoms with van der Waals surface area (Å²) in [5.74, 6) is -1.63. The number of carbonyl (C=O) groups is 3. The fraction of sp³-hybridized carbons (Fsp3) is 0.727. The molecule has 0 rings (SSSR count). The number of ether oxygens (including phenoxy) is 1. The number of hydrogen-bond acceptors (Lipinski definition) is 5. The summed E-state index contributed by atoms with van der Waals surface area (Å²) < 4.78 is 4.73. The van der Waals surface area contributed by atoms with E-state index >= 15 is 0 Å². The lowest BCUT2D eigenvalue weighted by Gasteiger charge is -2.30. The third kappa shape index (κ3) is 6.16. The van der Waals surface area contributed by atoms with Crippen LogP contribution in [0.25, 0.3) is 0 Å². The molecule has 0 aliphatic rings. The highest BCUT2D eigenvalue weighted by Crippen LogP contribution is 2.11. The molecule has 8 heteroatoms. The molecule has 0 fully saturated rings. The lowest BCUT2D eigenvalue weighted by Crippen LogP contribution is -2.53. The average Bonchev–Trinajstić information content (AvgIpc) is 2.28. The van der Waals surface area contributed by atoms with Gasteiger partial charge in [0.05, 0.1) is 13.2 Å². The first-order chi connectivity index (χ1) is 8.71. The van der Waals surface area contributed by atoms with Crippen molar-refractivity contribution >= 4 is 17.9 Å². The molecule has 0 aliphatic heterocycles. The predicted octanol–water partition coefficient (Wildman–Crippen LogP) is -0.746. The summed E-state index contributed by atoms with van der Waals surface area (Å²) in [7, 11) is 2.99. The van der Waals surface area contributed by atoms with Gasteiger partial charge in [-0.2, -0.15) is 0 Å². The second-order valence-electron chi connectivity index (χ2n) is 4.52. The molecule has 19 heavy (non-hydrogen) atoms. The molecule has 0 unspecified atom stereocenters. The number of carboxylic acids is 1. The number of methoxy groups -OCH3 is 1. The molecular formula is C11H21N3O5. The molecule has 0 aromatic carbocycles. The summed E-state index contributed by atoms with van der Waals surface area (Å²) in [6.45, 7) is 3.37. The number of carbonyl (C=O) groups excluding carboxylic acids is 2. The Balaban J connectivity index is 4.17. The Morgan fingerprint density at radius 2 is 1.89 bits per heavy atom. The maximum absolute atomic E-state index is 11.5. The van der Waals surface area contributed by atoms with Crippen molar-refractivity contribution < 1.29 is 24.2 Å². The third-order valence-electron chi connectivity index (χ3n) is 2.70. The van der Waals surface area contributed by atoms with E-state index in [0.29, 0.717) is 6.61 Å². The molecule has 0 aromatic rings. The fourth-order valence-electron chi connectivity index (χ4n) is 1.05. The number of imide groups is 1. The van der Waals surface area contributed by atoms with E-state index in [-0.39, 0.29) is 13.1 Å². The number of urea groups is 1. The molecule has 0 atom stereocenters. The van der Waals surface area contributed by atoms with Crippen LogP contribution >= 0.6 is 0 Å². The topological polar surface area (TPSA) is 108 Å². The van der Waals surface area contributed by atoms with E-state index in [1.54, 1.807) is 0 Å². The Morgan fingerprint density at radius 3 is 2.37 bits per heavy atom. The van der Waals surface area contributed by atoms with Crippen LogP contribution in [-0.2, 0) is 14.3 Å². The van der Waals surface area contributed by atoms with Gasteiger partial charge in [0.15, 0.2) is 0 Å². The standard InChI is InChI=1S/C11H21N3O5/c1-11(2,9(16)17)14(3)7-8(15)13-10(18)12-5-6-19-4/h5-7H2,1-4H3,(H,16,17)(H2,12,13,15,18). The number of likely N-dealkylation sites (N-methyl/N-ethyl adjacent to an activating group) is 1. The molecule has 3 N–H and O–H groups in total. The zero-order chi connectivity index (χ0) is 15.1. The fourth-order valence-corrected chi connectivity index (χ4v) is 1.05. The van der Waals surface area contributed by atoms with Gasteiger partial charge in [0.2, 0.25) is 5.91 Å². The van der Waals surface area contributed by atoms with E-state index in [1.165, 1.54) is 32.9 Å². The van der Waals surface area contributed by atoms with Gasteiger partial charge < -0.3 is 15.2 Å². The van der Waals surface area contributed by atoms with Crippen molar-refractivity contribution in [3.8, 4) is 0 Å². The molecule has 8 nitrogen and oxygen atoms in total. The lowest BCUT2D eigenvalue weighted by molar-refractivity contribution is -0.149. The van der Waals surface area contributed by atoms with Gasteiger partial charge >= 0.3 is 12.0 Å². The van der Waals surface area contributed by atoms with Crippen LogP contribution in [0.15, 0.2) is 0 Å². The van der Waals surface area contributed by atoms with Crippen LogP contribution in [0.5, 0.6) is 0 Å². The molecule has 0 saturated heterocycles. The van der Waals surface area contributed by atoms with Gasteiger partial charge in [0.1, 0.15) is 5.54 Å². The van der Waals surface area contributed by atoms with E-state index in [9.17, 15) is 14.4 Å². The first-order valence-electron chi connectivity index (χ1n) is 5.73. The molecule has 0 radical (unpaired) electrons. The van der Waals surface area contributed by atoms with Crippen LogP contribution in [0.3, 0.4) is 0 Å². The Bertz CT molecular complexity index is 343. The summed E-state index contributed by atoms with van der Waals surface area (Å²) in [6.07, 6.45) is 0. The van der Waals surface area contributed by atoms with Crippen molar-refractivity contribution in [2.75, 3.05) is 33.9 Å². The maximum Gasteiger partial charge on any atom is 0.323 e. The maximum atomic E-state index is 11.5. The number of amides is 3. The Kier molecular flexibility index (Phi) is 7.02. The minimum absolute atomic E-state index is 0.197. The first kappa shape index (κ1) is 17.3. The highest BCUT2D eigenvalue weighted by Gasteiger charge is 2.33. The molecule has 110 valence electrons. The zero-order valence-electron chi connectivity index (χ0n) is 11.6. The van der Waals surface area contributed by atoms with Gasteiger partial charge in [-0.15, -0.1) is 0 Å². The van der Waals surface area contributed by atoms with Crippen molar-refractivity contribution in [1.29, 1.82) is 0 Å². The van der Waals surface area contributed by atoms with Crippen molar-refractivity contribution in [1.82, 2.24) is 15.5 Å². The van der Waals surface area contributed by atoms with Gasteiger partial charge in [0, 0.05) is 13.7 Å². The van der Waals surface area contributed by atoms with E-state index in [4.69, 9.17) is 9.84 Å². The van der Waals surface area contributed by atoms with Crippen LogP contribution in [0.2, 0.25) is 0 Å². The monoisotopic (exact) mass is 275 g/mol. The molecule has 0 aromatic heterocycles. The molecule has 0 saturated carbocycles. The van der Waals surface area contributed by atoms with E-state index in [0.717, 1.165) is 0 Å². The Morgan fingerprint density at radius 1 is 1.32 bits per heavy atom. The highest BCUT2D eigenvalue weighted by atomic mass is 16.5. The smallest absolute Gasteiger partial charge is 0.323 e. The molecule has 0 aliphatic carbocycles. The number of rotatable bonds is 7. The minimum atomic E-state index is -1.19. The van der Waals surface area contributed by atoms with Gasteiger partial charge in [-0.1, -0.05) is 0 Å². The Hall–Kier alpha value is -1.67. The average molecular weight is 275 g/mol. The summed E-state index contributed by atoms with van der Waals surface area (Å²) in [5, 5.41) is 13.5.